The van der Waals surface area contributed by atoms with Gasteiger partial charge in [0.05, 0.1) is 6.61 Å². The van der Waals surface area contributed by atoms with Crippen molar-refractivity contribution in [2.75, 3.05) is 6.61 Å². The van der Waals surface area contributed by atoms with Gasteiger partial charge in [-0.05, 0) is 51.0 Å². The van der Waals surface area contributed by atoms with Crippen LogP contribution in [0.2, 0.25) is 0 Å². The Balaban J connectivity index is 2.71. The Morgan fingerprint density at radius 3 is 2.32 bits per heavy atom. The summed E-state index contributed by atoms with van der Waals surface area (Å²) in [6.45, 7) is 8.92. The molecule has 0 aliphatic carbocycles. The maximum absolute atomic E-state index is 12.2. The maximum atomic E-state index is 12.2. The van der Waals surface area contributed by atoms with Crippen molar-refractivity contribution in [2.45, 2.75) is 52.5 Å². The fraction of sp³-hybridized carbons (Fsp3) is 0.562. The van der Waals surface area contributed by atoms with Gasteiger partial charge in [-0.2, -0.15) is 0 Å². The summed E-state index contributed by atoms with van der Waals surface area (Å²) in [6, 6.07) is 7.29. The highest BCUT2D eigenvalue weighted by Crippen LogP contribution is 2.18. The molecule has 1 rings (SSSR count). The molecular weight excluding hydrogens is 238 g/mol. The van der Waals surface area contributed by atoms with E-state index in [0.29, 0.717) is 12.2 Å². The summed E-state index contributed by atoms with van der Waals surface area (Å²) in [5.41, 5.74) is 0.559. The van der Waals surface area contributed by atoms with Crippen LogP contribution in [0.15, 0.2) is 24.3 Å². The van der Waals surface area contributed by atoms with Crippen LogP contribution < -0.4 is 10.1 Å². The van der Waals surface area contributed by atoms with Crippen molar-refractivity contribution < 1.29 is 9.53 Å². The zero-order chi connectivity index (χ0) is 14.3. The molecule has 19 heavy (non-hydrogen) atoms. The summed E-state index contributed by atoms with van der Waals surface area (Å²) in [7, 11) is 0. The monoisotopic (exact) mass is 263 g/mol. The van der Waals surface area contributed by atoms with E-state index in [1.54, 1.807) is 0 Å². The van der Waals surface area contributed by atoms with Gasteiger partial charge in [0.1, 0.15) is 5.75 Å². The fourth-order valence-electron chi connectivity index (χ4n) is 2.09. The van der Waals surface area contributed by atoms with Crippen LogP contribution in [-0.4, -0.2) is 18.1 Å². The molecule has 3 nitrogen and oxygen atoms in total. The SMILES string of the molecule is CCCC(C)(CC)NC(=O)c1ccc(OCC)cc1. The van der Waals surface area contributed by atoms with Gasteiger partial charge in [-0.15, -0.1) is 0 Å². The summed E-state index contributed by atoms with van der Waals surface area (Å²) in [5.74, 6) is 0.784. The molecule has 0 saturated heterocycles. The third kappa shape index (κ3) is 4.58. The lowest BCUT2D eigenvalue weighted by Crippen LogP contribution is -2.45. The molecule has 1 aromatic rings. The van der Waals surface area contributed by atoms with Gasteiger partial charge < -0.3 is 10.1 Å². The third-order valence-electron chi connectivity index (χ3n) is 3.42. The molecule has 0 fully saturated rings. The number of nitrogens with one attached hydrogen (secondary N) is 1. The van der Waals surface area contributed by atoms with Gasteiger partial charge in [0.25, 0.3) is 5.91 Å². The van der Waals surface area contributed by atoms with Crippen molar-refractivity contribution in [2.24, 2.45) is 0 Å². The minimum absolute atomic E-state index is 0.0131. The minimum Gasteiger partial charge on any atom is -0.494 e. The lowest BCUT2D eigenvalue weighted by atomic mass is 9.92. The summed E-state index contributed by atoms with van der Waals surface area (Å²) in [4.78, 5) is 12.2. The second kappa shape index (κ2) is 7.17. The lowest BCUT2D eigenvalue weighted by molar-refractivity contribution is 0.0898. The second-order valence-electron chi connectivity index (χ2n) is 5.08. The predicted molar refractivity (Wildman–Crippen MR) is 78.7 cm³/mol. The number of ether oxygens (including phenoxy) is 1. The van der Waals surface area contributed by atoms with Crippen molar-refractivity contribution in [3.63, 3.8) is 0 Å². The van der Waals surface area contributed by atoms with E-state index in [-0.39, 0.29) is 11.4 Å². The normalized spacial score (nSPS) is 13.7. The average molecular weight is 263 g/mol. The van der Waals surface area contributed by atoms with Crippen molar-refractivity contribution in [3.05, 3.63) is 29.8 Å². The number of benzene rings is 1. The predicted octanol–water partition coefficient (Wildman–Crippen LogP) is 3.78. The van der Waals surface area contributed by atoms with Crippen molar-refractivity contribution in [3.8, 4) is 5.75 Å². The van der Waals surface area contributed by atoms with Crippen LogP contribution in [-0.2, 0) is 0 Å². The van der Waals surface area contributed by atoms with Crippen LogP contribution >= 0.6 is 0 Å². The maximum Gasteiger partial charge on any atom is 0.251 e. The van der Waals surface area contributed by atoms with Gasteiger partial charge in [-0.1, -0.05) is 20.3 Å². The van der Waals surface area contributed by atoms with E-state index in [9.17, 15) is 4.79 Å². The van der Waals surface area contributed by atoms with E-state index in [2.05, 4.69) is 26.1 Å². The van der Waals surface area contributed by atoms with Gasteiger partial charge >= 0.3 is 0 Å². The Kier molecular flexibility index (Phi) is 5.87. The quantitative estimate of drug-likeness (QED) is 0.813. The first kappa shape index (κ1) is 15.5. The molecule has 0 heterocycles. The Bertz CT molecular complexity index is 400. The van der Waals surface area contributed by atoms with E-state index in [4.69, 9.17) is 4.74 Å². The Labute approximate surface area is 116 Å². The topological polar surface area (TPSA) is 38.3 Å². The highest BCUT2D eigenvalue weighted by Gasteiger charge is 2.23. The zero-order valence-corrected chi connectivity index (χ0v) is 12.5. The molecule has 1 aromatic carbocycles. The number of hydrogen-bond donors (Lipinski definition) is 1. The summed E-state index contributed by atoms with van der Waals surface area (Å²) < 4.78 is 5.37. The molecule has 1 N–H and O–H groups in total. The van der Waals surface area contributed by atoms with E-state index in [1.807, 2.05) is 31.2 Å². The number of carbonyl (C=O) groups is 1. The molecule has 0 spiro atoms. The molecule has 106 valence electrons. The molecule has 0 saturated carbocycles. The molecule has 0 aromatic heterocycles. The van der Waals surface area contributed by atoms with Crippen LogP contribution in [0.5, 0.6) is 5.75 Å². The lowest BCUT2D eigenvalue weighted by Gasteiger charge is -2.29. The smallest absolute Gasteiger partial charge is 0.251 e. The zero-order valence-electron chi connectivity index (χ0n) is 12.5. The molecule has 1 amide bonds. The third-order valence-corrected chi connectivity index (χ3v) is 3.42. The van der Waals surface area contributed by atoms with Gasteiger partial charge in [0.2, 0.25) is 0 Å². The average Bonchev–Trinajstić information content (AvgIpc) is 2.40. The first-order chi connectivity index (χ1) is 9.04. The number of carbonyl (C=O) groups excluding carboxylic acids is 1. The van der Waals surface area contributed by atoms with Crippen molar-refractivity contribution in [1.82, 2.24) is 5.32 Å². The van der Waals surface area contributed by atoms with Crippen LogP contribution in [0.3, 0.4) is 0 Å². The molecular formula is C16H25NO2. The molecule has 0 bridgehead atoms. The van der Waals surface area contributed by atoms with Crippen LogP contribution in [0.1, 0.15) is 57.3 Å². The molecule has 1 atom stereocenters. The van der Waals surface area contributed by atoms with Gasteiger partial charge in [0.15, 0.2) is 0 Å². The van der Waals surface area contributed by atoms with E-state index >= 15 is 0 Å². The van der Waals surface area contributed by atoms with Crippen LogP contribution in [0.25, 0.3) is 0 Å². The number of rotatable bonds is 7. The van der Waals surface area contributed by atoms with Gasteiger partial charge in [-0.25, -0.2) is 0 Å². The Hall–Kier alpha value is -1.51. The number of amides is 1. The van der Waals surface area contributed by atoms with E-state index in [0.717, 1.165) is 25.0 Å². The van der Waals surface area contributed by atoms with Crippen molar-refractivity contribution in [1.29, 1.82) is 0 Å². The largest absolute Gasteiger partial charge is 0.494 e. The highest BCUT2D eigenvalue weighted by molar-refractivity contribution is 5.94. The molecule has 0 aliphatic heterocycles. The first-order valence-electron chi connectivity index (χ1n) is 7.10. The summed E-state index contributed by atoms with van der Waals surface area (Å²) >= 11 is 0. The highest BCUT2D eigenvalue weighted by atomic mass is 16.5. The van der Waals surface area contributed by atoms with Crippen LogP contribution in [0, 0.1) is 0 Å². The summed E-state index contributed by atoms with van der Waals surface area (Å²) in [6.07, 6.45) is 2.99. The summed E-state index contributed by atoms with van der Waals surface area (Å²) in [5, 5.41) is 3.13. The minimum atomic E-state index is -0.121. The Morgan fingerprint density at radius 1 is 1.21 bits per heavy atom. The molecule has 3 heteroatoms. The first-order valence-corrected chi connectivity index (χ1v) is 7.10. The number of hydrogen-bond acceptors (Lipinski definition) is 2. The fourth-order valence-corrected chi connectivity index (χ4v) is 2.09. The van der Waals surface area contributed by atoms with Gasteiger partial charge in [0, 0.05) is 11.1 Å². The molecule has 0 aliphatic rings. The van der Waals surface area contributed by atoms with E-state index < -0.39 is 0 Å². The van der Waals surface area contributed by atoms with E-state index in [1.165, 1.54) is 0 Å². The van der Waals surface area contributed by atoms with Crippen molar-refractivity contribution >= 4 is 5.91 Å². The Morgan fingerprint density at radius 2 is 1.84 bits per heavy atom. The molecule has 1 unspecified atom stereocenters. The van der Waals surface area contributed by atoms with Gasteiger partial charge in [-0.3, -0.25) is 4.79 Å². The standard InChI is InChI=1S/C16H25NO2/c1-5-12-16(4,6-2)17-15(18)13-8-10-14(11-9-13)19-7-3/h8-11H,5-7,12H2,1-4H3,(H,17,18). The van der Waals surface area contributed by atoms with Crippen LogP contribution in [0.4, 0.5) is 0 Å². The molecule has 0 radical (unpaired) electrons. The second-order valence-corrected chi connectivity index (χ2v) is 5.08.